The van der Waals surface area contributed by atoms with Crippen molar-refractivity contribution < 1.29 is 19.1 Å². The number of hydrogen-bond acceptors (Lipinski definition) is 4. The SMILES string of the molecule is Cc1cccc(N2C[C@H](C(=O)OCc3ccc(C(N)=O)cc3)CC2=O)c1C. The zero-order chi connectivity index (χ0) is 19.6. The van der Waals surface area contributed by atoms with Gasteiger partial charge < -0.3 is 15.4 Å². The van der Waals surface area contributed by atoms with Gasteiger partial charge in [0.15, 0.2) is 0 Å². The molecule has 0 saturated carbocycles. The van der Waals surface area contributed by atoms with Crippen LogP contribution < -0.4 is 10.6 Å². The number of ether oxygens (including phenoxy) is 1. The number of nitrogens with zero attached hydrogens (tertiary/aromatic N) is 1. The van der Waals surface area contributed by atoms with Crippen LogP contribution in [-0.2, 0) is 20.9 Å². The van der Waals surface area contributed by atoms with Crippen molar-refractivity contribution in [3.8, 4) is 0 Å². The Morgan fingerprint density at radius 1 is 1.15 bits per heavy atom. The molecule has 2 aromatic rings. The third-order valence-electron chi connectivity index (χ3n) is 4.94. The highest BCUT2D eigenvalue weighted by molar-refractivity contribution is 6.00. The molecule has 1 fully saturated rings. The van der Waals surface area contributed by atoms with Gasteiger partial charge in [0.2, 0.25) is 11.8 Å². The van der Waals surface area contributed by atoms with Gasteiger partial charge in [-0.25, -0.2) is 0 Å². The molecule has 6 heteroatoms. The van der Waals surface area contributed by atoms with Crippen LogP contribution in [0.3, 0.4) is 0 Å². The molecule has 1 atom stereocenters. The van der Waals surface area contributed by atoms with Crippen LogP contribution in [-0.4, -0.2) is 24.3 Å². The smallest absolute Gasteiger partial charge is 0.311 e. The van der Waals surface area contributed by atoms with Crippen LogP contribution in [0.15, 0.2) is 42.5 Å². The molecule has 0 spiro atoms. The molecule has 0 aromatic heterocycles. The van der Waals surface area contributed by atoms with E-state index >= 15 is 0 Å². The van der Waals surface area contributed by atoms with Crippen LogP contribution in [0.25, 0.3) is 0 Å². The van der Waals surface area contributed by atoms with Gasteiger partial charge in [0.05, 0.1) is 5.92 Å². The molecular formula is C21H22N2O4. The van der Waals surface area contributed by atoms with Gasteiger partial charge in [-0.1, -0.05) is 24.3 Å². The highest BCUT2D eigenvalue weighted by Gasteiger charge is 2.36. The first-order chi connectivity index (χ1) is 12.9. The van der Waals surface area contributed by atoms with Crippen molar-refractivity contribution in [1.82, 2.24) is 0 Å². The van der Waals surface area contributed by atoms with Crippen molar-refractivity contribution in [2.24, 2.45) is 11.7 Å². The predicted octanol–water partition coefficient (Wildman–Crippen LogP) is 2.50. The first-order valence-corrected chi connectivity index (χ1v) is 8.78. The Morgan fingerprint density at radius 2 is 1.85 bits per heavy atom. The van der Waals surface area contributed by atoms with E-state index < -0.39 is 17.8 Å². The summed E-state index contributed by atoms with van der Waals surface area (Å²) in [5, 5.41) is 0. The summed E-state index contributed by atoms with van der Waals surface area (Å²) >= 11 is 0. The van der Waals surface area contributed by atoms with E-state index in [4.69, 9.17) is 10.5 Å². The maximum Gasteiger partial charge on any atom is 0.311 e. The standard InChI is InChI=1S/C21H22N2O4/c1-13-4-3-5-18(14(13)2)23-11-17(10-19(23)24)21(26)27-12-15-6-8-16(9-7-15)20(22)25/h3-9,17H,10-12H2,1-2H3,(H2,22,25)/t17-/m1/s1. The second kappa shape index (κ2) is 7.61. The number of amides is 2. The second-order valence-electron chi connectivity index (χ2n) is 6.79. The van der Waals surface area contributed by atoms with Gasteiger partial charge in [0.25, 0.3) is 0 Å². The Balaban J connectivity index is 1.62. The van der Waals surface area contributed by atoms with E-state index in [-0.39, 0.29) is 18.9 Å². The lowest BCUT2D eigenvalue weighted by atomic mass is 10.1. The van der Waals surface area contributed by atoms with Crippen molar-refractivity contribution in [1.29, 1.82) is 0 Å². The van der Waals surface area contributed by atoms with Gasteiger partial charge in [-0.3, -0.25) is 14.4 Å². The number of aryl methyl sites for hydroxylation is 1. The molecule has 2 amide bonds. The lowest BCUT2D eigenvalue weighted by Crippen LogP contribution is -2.27. The van der Waals surface area contributed by atoms with E-state index in [0.29, 0.717) is 12.1 Å². The molecule has 0 radical (unpaired) electrons. The first-order valence-electron chi connectivity index (χ1n) is 8.78. The first kappa shape index (κ1) is 18.6. The fourth-order valence-corrected chi connectivity index (χ4v) is 3.16. The molecule has 0 bridgehead atoms. The molecule has 2 aromatic carbocycles. The lowest BCUT2D eigenvalue weighted by molar-refractivity contribution is -0.149. The van der Waals surface area contributed by atoms with Crippen LogP contribution in [0.4, 0.5) is 5.69 Å². The highest BCUT2D eigenvalue weighted by Crippen LogP contribution is 2.30. The Bertz CT molecular complexity index is 890. The van der Waals surface area contributed by atoms with Gasteiger partial charge in [0, 0.05) is 24.2 Å². The van der Waals surface area contributed by atoms with Crippen LogP contribution in [0, 0.1) is 19.8 Å². The fourth-order valence-electron chi connectivity index (χ4n) is 3.16. The summed E-state index contributed by atoms with van der Waals surface area (Å²) in [7, 11) is 0. The predicted molar refractivity (Wildman–Crippen MR) is 101 cm³/mol. The largest absolute Gasteiger partial charge is 0.461 e. The summed E-state index contributed by atoms with van der Waals surface area (Å²) in [4.78, 5) is 37.5. The monoisotopic (exact) mass is 366 g/mol. The van der Waals surface area contributed by atoms with Crippen molar-refractivity contribution in [2.45, 2.75) is 26.9 Å². The van der Waals surface area contributed by atoms with E-state index in [0.717, 1.165) is 22.4 Å². The molecule has 0 aliphatic carbocycles. The topological polar surface area (TPSA) is 89.7 Å². The van der Waals surface area contributed by atoms with E-state index in [2.05, 4.69) is 0 Å². The molecule has 27 heavy (non-hydrogen) atoms. The van der Waals surface area contributed by atoms with Crippen molar-refractivity contribution in [3.63, 3.8) is 0 Å². The summed E-state index contributed by atoms with van der Waals surface area (Å²) in [5.74, 6) is -1.46. The summed E-state index contributed by atoms with van der Waals surface area (Å²) in [6, 6.07) is 12.4. The van der Waals surface area contributed by atoms with Crippen LogP contribution in [0.2, 0.25) is 0 Å². The molecule has 1 aliphatic heterocycles. The highest BCUT2D eigenvalue weighted by atomic mass is 16.5. The zero-order valence-corrected chi connectivity index (χ0v) is 15.4. The third kappa shape index (κ3) is 4.00. The number of benzene rings is 2. The van der Waals surface area contributed by atoms with Crippen LogP contribution >= 0.6 is 0 Å². The summed E-state index contributed by atoms with van der Waals surface area (Å²) in [6.07, 6.45) is 0.146. The Labute approximate surface area is 157 Å². The average Bonchev–Trinajstić information content (AvgIpc) is 3.04. The quantitative estimate of drug-likeness (QED) is 0.823. The minimum absolute atomic E-state index is 0.0727. The number of hydrogen-bond donors (Lipinski definition) is 1. The van der Waals surface area contributed by atoms with Crippen molar-refractivity contribution in [2.75, 3.05) is 11.4 Å². The van der Waals surface area contributed by atoms with Gasteiger partial charge in [-0.2, -0.15) is 0 Å². The molecule has 6 nitrogen and oxygen atoms in total. The number of primary amides is 1. The fraction of sp³-hybridized carbons (Fsp3) is 0.286. The minimum Gasteiger partial charge on any atom is -0.461 e. The van der Waals surface area contributed by atoms with Crippen molar-refractivity contribution in [3.05, 3.63) is 64.7 Å². The number of esters is 1. The maximum atomic E-state index is 12.4. The van der Waals surface area contributed by atoms with Crippen molar-refractivity contribution >= 4 is 23.5 Å². The third-order valence-corrected chi connectivity index (χ3v) is 4.94. The Hall–Kier alpha value is -3.15. The Morgan fingerprint density at radius 3 is 2.52 bits per heavy atom. The maximum absolute atomic E-state index is 12.4. The molecule has 1 heterocycles. The number of nitrogens with two attached hydrogens (primary N) is 1. The average molecular weight is 366 g/mol. The lowest BCUT2D eigenvalue weighted by Gasteiger charge is -2.20. The van der Waals surface area contributed by atoms with Crippen LogP contribution in [0.5, 0.6) is 0 Å². The zero-order valence-electron chi connectivity index (χ0n) is 15.4. The molecule has 1 saturated heterocycles. The van der Waals surface area contributed by atoms with Crippen LogP contribution in [0.1, 0.15) is 33.5 Å². The van der Waals surface area contributed by atoms with E-state index in [1.165, 1.54) is 0 Å². The summed E-state index contributed by atoms with van der Waals surface area (Å²) in [6.45, 7) is 4.38. The number of carbonyl (C=O) groups is 3. The summed E-state index contributed by atoms with van der Waals surface area (Å²) < 4.78 is 5.36. The van der Waals surface area contributed by atoms with Gasteiger partial charge in [-0.05, 0) is 48.7 Å². The molecule has 0 unspecified atom stereocenters. The van der Waals surface area contributed by atoms with Gasteiger partial charge in [-0.15, -0.1) is 0 Å². The number of carbonyl (C=O) groups excluding carboxylic acids is 3. The van der Waals surface area contributed by atoms with E-state index in [1.54, 1.807) is 29.2 Å². The molecular weight excluding hydrogens is 344 g/mol. The molecule has 2 N–H and O–H groups in total. The van der Waals surface area contributed by atoms with Gasteiger partial charge >= 0.3 is 5.97 Å². The number of rotatable bonds is 5. The molecule has 1 aliphatic rings. The Kier molecular flexibility index (Phi) is 5.26. The minimum atomic E-state index is -0.505. The summed E-state index contributed by atoms with van der Waals surface area (Å²) in [5.41, 5.74) is 9.34. The van der Waals surface area contributed by atoms with Gasteiger partial charge in [0.1, 0.15) is 6.61 Å². The normalized spacial score (nSPS) is 16.4. The van der Waals surface area contributed by atoms with E-state index in [1.807, 2.05) is 32.0 Å². The molecule has 140 valence electrons. The molecule has 3 rings (SSSR count). The number of anilines is 1. The van der Waals surface area contributed by atoms with E-state index in [9.17, 15) is 14.4 Å². The second-order valence-corrected chi connectivity index (χ2v) is 6.79.